The molecule has 2 aromatic rings. The van der Waals surface area contributed by atoms with Gasteiger partial charge in [-0.25, -0.2) is 8.42 Å². The molecule has 1 aromatic heterocycles. The van der Waals surface area contributed by atoms with Crippen LogP contribution in [-0.2, 0) is 14.8 Å². The first-order valence-electron chi connectivity index (χ1n) is 7.05. The quantitative estimate of drug-likeness (QED) is 0.742. The molecule has 1 amide bonds. The summed E-state index contributed by atoms with van der Waals surface area (Å²) >= 11 is 7.13. The van der Waals surface area contributed by atoms with Gasteiger partial charge in [0, 0.05) is 17.3 Å². The normalized spacial score (nSPS) is 11.5. The van der Waals surface area contributed by atoms with Gasteiger partial charge in [-0.3, -0.25) is 4.79 Å². The van der Waals surface area contributed by atoms with E-state index in [-0.39, 0.29) is 17.3 Å². The van der Waals surface area contributed by atoms with Crippen LogP contribution in [0, 0.1) is 6.92 Å². The van der Waals surface area contributed by atoms with Gasteiger partial charge in [0.05, 0.1) is 6.54 Å². The number of nitrogens with one attached hydrogen (secondary N) is 1. The highest BCUT2D eigenvalue weighted by molar-refractivity contribution is 7.91. The van der Waals surface area contributed by atoms with E-state index in [0.29, 0.717) is 10.7 Å². The third-order valence-corrected chi connectivity index (χ3v) is 6.79. The lowest BCUT2D eigenvalue weighted by Gasteiger charge is -2.19. The van der Waals surface area contributed by atoms with Crippen molar-refractivity contribution >= 4 is 44.6 Å². The molecular formula is C16H17ClN2O3S2. The molecule has 8 heteroatoms. The molecule has 1 heterocycles. The van der Waals surface area contributed by atoms with Crippen molar-refractivity contribution in [3.8, 4) is 0 Å². The van der Waals surface area contributed by atoms with E-state index in [0.717, 1.165) is 21.2 Å². The Morgan fingerprint density at radius 1 is 1.42 bits per heavy atom. The van der Waals surface area contributed by atoms with Crippen LogP contribution in [0.4, 0.5) is 5.69 Å². The predicted molar refractivity (Wildman–Crippen MR) is 98.1 cm³/mol. The Kier molecular flexibility index (Phi) is 6.17. The van der Waals surface area contributed by atoms with Gasteiger partial charge in [0.15, 0.2) is 0 Å². The van der Waals surface area contributed by atoms with Crippen LogP contribution in [0.5, 0.6) is 0 Å². The van der Waals surface area contributed by atoms with Crippen molar-refractivity contribution < 1.29 is 13.2 Å². The number of hydrogen-bond acceptors (Lipinski definition) is 4. The minimum absolute atomic E-state index is 0.0440. The first-order chi connectivity index (χ1) is 11.3. The molecule has 24 heavy (non-hydrogen) atoms. The van der Waals surface area contributed by atoms with Crippen LogP contribution in [0.15, 0.2) is 52.6 Å². The van der Waals surface area contributed by atoms with Crippen molar-refractivity contribution in [3.63, 3.8) is 0 Å². The number of rotatable bonds is 7. The summed E-state index contributed by atoms with van der Waals surface area (Å²) in [5.74, 6) is -0.447. The van der Waals surface area contributed by atoms with Gasteiger partial charge in [0.2, 0.25) is 5.91 Å². The lowest BCUT2D eigenvalue weighted by atomic mass is 10.2. The van der Waals surface area contributed by atoms with Crippen molar-refractivity contribution in [3.05, 3.63) is 59.0 Å². The van der Waals surface area contributed by atoms with Crippen molar-refractivity contribution in [1.29, 1.82) is 0 Å². The second-order valence-corrected chi connectivity index (χ2v) is 8.55. The Morgan fingerprint density at radius 2 is 2.17 bits per heavy atom. The zero-order valence-electron chi connectivity index (χ0n) is 13.0. The molecule has 2 rings (SSSR count). The third-order valence-electron chi connectivity index (χ3n) is 3.20. The average Bonchev–Trinajstić information content (AvgIpc) is 3.05. The fourth-order valence-corrected chi connectivity index (χ4v) is 4.65. The van der Waals surface area contributed by atoms with E-state index >= 15 is 0 Å². The smallest absolute Gasteiger partial charge is 0.253 e. The lowest BCUT2D eigenvalue weighted by molar-refractivity contribution is -0.116. The first kappa shape index (κ1) is 18.7. The van der Waals surface area contributed by atoms with Crippen molar-refractivity contribution in [2.75, 3.05) is 18.4 Å². The van der Waals surface area contributed by atoms with Crippen LogP contribution in [0.2, 0.25) is 5.02 Å². The fraction of sp³-hybridized carbons (Fsp3) is 0.188. The molecule has 0 unspecified atom stereocenters. The molecule has 0 atom stereocenters. The highest BCUT2D eigenvalue weighted by Gasteiger charge is 2.26. The summed E-state index contributed by atoms with van der Waals surface area (Å²) in [5.41, 5.74) is 1.41. The molecule has 128 valence electrons. The summed E-state index contributed by atoms with van der Waals surface area (Å²) in [5, 5.41) is 4.86. The summed E-state index contributed by atoms with van der Waals surface area (Å²) in [6.07, 6.45) is 1.45. The molecule has 5 nitrogen and oxygen atoms in total. The van der Waals surface area contributed by atoms with Crippen molar-refractivity contribution in [1.82, 2.24) is 4.31 Å². The van der Waals surface area contributed by atoms with Gasteiger partial charge >= 0.3 is 0 Å². The molecule has 0 radical (unpaired) electrons. The summed E-state index contributed by atoms with van der Waals surface area (Å²) in [4.78, 5) is 12.2. The Bertz CT molecular complexity index is 833. The Morgan fingerprint density at radius 3 is 2.75 bits per heavy atom. The molecule has 0 fully saturated rings. The van der Waals surface area contributed by atoms with E-state index in [1.54, 1.807) is 29.6 Å². The average molecular weight is 385 g/mol. The molecule has 0 aliphatic carbocycles. The van der Waals surface area contributed by atoms with Crippen LogP contribution >= 0.6 is 22.9 Å². The summed E-state index contributed by atoms with van der Waals surface area (Å²) in [7, 11) is -3.73. The van der Waals surface area contributed by atoms with E-state index in [1.165, 1.54) is 12.1 Å². The van der Waals surface area contributed by atoms with Crippen LogP contribution in [0.1, 0.15) is 5.56 Å². The maximum absolute atomic E-state index is 12.6. The number of thiophene rings is 1. The maximum atomic E-state index is 12.6. The van der Waals surface area contributed by atoms with E-state index in [1.807, 2.05) is 6.92 Å². The molecule has 1 aromatic carbocycles. The van der Waals surface area contributed by atoms with Crippen LogP contribution in [-0.4, -0.2) is 31.7 Å². The lowest BCUT2D eigenvalue weighted by Crippen LogP contribution is -2.37. The van der Waals surface area contributed by atoms with Gasteiger partial charge in [-0.15, -0.1) is 17.9 Å². The van der Waals surface area contributed by atoms with Gasteiger partial charge in [-0.2, -0.15) is 4.31 Å². The molecule has 0 saturated carbocycles. The Labute approximate surface area is 150 Å². The van der Waals surface area contributed by atoms with E-state index in [9.17, 15) is 13.2 Å². The molecule has 0 spiro atoms. The number of amides is 1. The monoisotopic (exact) mass is 384 g/mol. The minimum Gasteiger partial charge on any atom is -0.325 e. The zero-order valence-corrected chi connectivity index (χ0v) is 15.4. The number of sulfonamides is 1. The molecule has 1 N–H and O–H groups in total. The van der Waals surface area contributed by atoms with E-state index in [2.05, 4.69) is 11.9 Å². The third kappa shape index (κ3) is 4.45. The van der Waals surface area contributed by atoms with Crippen LogP contribution in [0.25, 0.3) is 0 Å². The highest BCUT2D eigenvalue weighted by atomic mass is 35.5. The second kappa shape index (κ2) is 7.94. The van der Waals surface area contributed by atoms with Gasteiger partial charge in [0.25, 0.3) is 10.0 Å². The topological polar surface area (TPSA) is 66.5 Å². The molecule has 0 aliphatic heterocycles. The number of carbonyl (C=O) groups excluding carboxylic acids is 1. The SMILES string of the molecule is C=CCN(CC(=O)Nc1ccc(C)c(Cl)c1)S(=O)(=O)c1cccs1. The predicted octanol–water partition coefficient (Wildman–Crippen LogP) is 3.53. The standard InChI is InChI=1S/C16H17ClN2O3S2/c1-3-8-19(24(21,22)16-5-4-9-23-16)11-15(20)18-13-7-6-12(2)14(17)10-13/h3-7,9-10H,1,8,11H2,2H3,(H,18,20). The number of hydrogen-bond donors (Lipinski definition) is 1. The molecule has 0 saturated heterocycles. The van der Waals surface area contributed by atoms with E-state index in [4.69, 9.17) is 11.6 Å². The number of aryl methyl sites for hydroxylation is 1. The van der Waals surface area contributed by atoms with Gasteiger partial charge in [-0.05, 0) is 36.1 Å². The van der Waals surface area contributed by atoms with Crippen molar-refractivity contribution in [2.45, 2.75) is 11.1 Å². The van der Waals surface area contributed by atoms with Gasteiger partial charge in [0.1, 0.15) is 4.21 Å². The fourth-order valence-electron chi connectivity index (χ4n) is 1.96. The van der Waals surface area contributed by atoms with E-state index < -0.39 is 15.9 Å². The summed E-state index contributed by atoms with van der Waals surface area (Å²) in [6.45, 7) is 5.15. The van der Waals surface area contributed by atoms with Crippen LogP contribution < -0.4 is 5.32 Å². The van der Waals surface area contributed by atoms with Gasteiger partial charge < -0.3 is 5.32 Å². The molecular weight excluding hydrogens is 368 g/mol. The summed E-state index contributed by atoms with van der Waals surface area (Å²) < 4.78 is 26.4. The number of nitrogens with zero attached hydrogens (tertiary/aromatic N) is 1. The Hall–Kier alpha value is -1.67. The van der Waals surface area contributed by atoms with Gasteiger partial charge in [-0.1, -0.05) is 29.8 Å². The molecule has 0 bridgehead atoms. The molecule has 0 aliphatic rings. The number of halogens is 1. The zero-order chi connectivity index (χ0) is 17.7. The number of benzene rings is 1. The first-order valence-corrected chi connectivity index (χ1v) is 9.75. The summed E-state index contributed by atoms with van der Waals surface area (Å²) in [6, 6.07) is 8.28. The Balaban J connectivity index is 2.14. The highest BCUT2D eigenvalue weighted by Crippen LogP contribution is 2.22. The maximum Gasteiger partial charge on any atom is 0.253 e. The minimum atomic E-state index is -3.73. The largest absolute Gasteiger partial charge is 0.325 e. The second-order valence-electron chi connectivity index (χ2n) is 5.03. The van der Waals surface area contributed by atoms with Crippen molar-refractivity contribution in [2.24, 2.45) is 0 Å². The van der Waals surface area contributed by atoms with Crippen LogP contribution in [0.3, 0.4) is 0 Å². The number of anilines is 1. The number of carbonyl (C=O) groups is 1.